The highest BCUT2D eigenvalue weighted by Gasteiger charge is 2.21. The molecule has 4 rings (SSSR count). The van der Waals surface area contributed by atoms with Gasteiger partial charge in [0.15, 0.2) is 0 Å². The van der Waals surface area contributed by atoms with Crippen molar-refractivity contribution in [2.75, 3.05) is 18.0 Å². The summed E-state index contributed by atoms with van der Waals surface area (Å²) in [7, 11) is 0. The predicted molar refractivity (Wildman–Crippen MR) is 94.9 cm³/mol. The molecule has 0 saturated carbocycles. The molecule has 0 unspecified atom stereocenters. The Kier molecular flexibility index (Phi) is 3.83. The molecule has 0 aliphatic carbocycles. The normalized spacial score (nSPS) is 15.6. The molecule has 1 aromatic carbocycles. The van der Waals surface area contributed by atoms with Crippen molar-refractivity contribution >= 4 is 28.5 Å². The van der Waals surface area contributed by atoms with Gasteiger partial charge >= 0.3 is 0 Å². The third kappa shape index (κ3) is 2.70. The zero-order valence-corrected chi connectivity index (χ0v) is 13.8. The van der Waals surface area contributed by atoms with Crippen LogP contribution in [-0.4, -0.2) is 28.0 Å². The molecule has 1 N–H and O–H groups in total. The fourth-order valence-corrected chi connectivity index (χ4v) is 3.29. The lowest BCUT2D eigenvalue weighted by Gasteiger charge is -2.30. The second kappa shape index (κ2) is 6.14. The van der Waals surface area contributed by atoms with E-state index in [4.69, 9.17) is 16.9 Å². The van der Waals surface area contributed by atoms with Crippen molar-refractivity contribution < 1.29 is 0 Å². The number of fused-ring (bicyclic) bond motifs is 1. The standard InChI is InChI=1S/C18H16ClN5/c19-14-11-21-17(24-7-5-12(10-20)6-8-24)9-13(14)18-22-15-3-1-2-4-16(15)23-18/h1-4,9,11-12H,5-8H2,(H,22,23). The number of para-hydroxylation sites is 2. The van der Waals surface area contributed by atoms with Crippen LogP contribution in [0.5, 0.6) is 0 Å². The Hall–Kier alpha value is -2.58. The number of piperidine rings is 1. The number of H-pyrrole nitrogens is 1. The molecule has 0 spiro atoms. The minimum absolute atomic E-state index is 0.156. The van der Waals surface area contributed by atoms with Crippen LogP contribution in [-0.2, 0) is 0 Å². The van der Waals surface area contributed by atoms with E-state index in [9.17, 15) is 0 Å². The van der Waals surface area contributed by atoms with E-state index in [0.717, 1.165) is 54.2 Å². The van der Waals surface area contributed by atoms with Gasteiger partial charge < -0.3 is 9.88 Å². The van der Waals surface area contributed by atoms with E-state index in [1.54, 1.807) is 6.20 Å². The molecule has 1 saturated heterocycles. The second-order valence-corrected chi connectivity index (χ2v) is 6.42. The van der Waals surface area contributed by atoms with Crippen molar-refractivity contribution in [3.05, 3.63) is 41.6 Å². The topological polar surface area (TPSA) is 68.6 Å². The summed E-state index contributed by atoms with van der Waals surface area (Å²) in [5, 5.41) is 9.61. The lowest BCUT2D eigenvalue weighted by Crippen LogP contribution is -2.33. The van der Waals surface area contributed by atoms with E-state index in [1.165, 1.54) is 0 Å². The van der Waals surface area contributed by atoms with Crippen molar-refractivity contribution in [2.24, 2.45) is 5.92 Å². The smallest absolute Gasteiger partial charge is 0.140 e. The number of nitriles is 1. The Labute approximate surface area is 144 Å². The highest BCUT2D eigenvalue weighted by Crippen LogP contribution is 2.31. The highest BCUT2D eigenvalue weighted by molar-refractivity contribution is 6.33. The maximum absolute atomic E-state index is 9.03. The maximum atomic E-state index is 9.03. The zero-order valence-electron chi connectivity index (χ0n) is 13.0. The quantitative estimate of drug-likeness (QED) is 0.766. The summed E-state index contributed by atoms with van der Waals surface area (Å²) in [6.07, 6.45) is 3.43. The number of aromatic nitrogens is 3. The summed E-state index contributed by atoms with van der Waals surface area (Å²) >= 11 is 6.36. The summed E-state index contributed by atoms with van der Waals surface area (Å²) in [6.45, 7) is 1.68. The number of anilines is 1. The van der Waals surface area contributed by atoms with E-state index < -0.39 is 0 Å². The summed E-state index contributed by atoms with van der Waals surface area (Å²) in [4.78, 5) is 14.6. The molecule has 0 atom stereocenters. The zero-order chi connectivity index (χ0) is 16.5. The number of pyridine rings is 1. The molecule has 2 aromatic heterocycles. The first-order chi connectivity index (χ1) is 11.7. The summed E-state index contributed by atoms with van der Waals surface area (Å²) in [6, 6.07) is 12.2. The van der Waals surface area contributed by atoms with Crippen LogP contribution in [0.25, 0.3) is 22.4 Å². The van der Waals surface area contributed by atoms with E-state index in [1.807, 2.05) is 30.3 Å². The average Bonchev–Trinajstić information content (AvgIpc) is 3.06. The Morgan fingerprint density at radius 2 is 2.04 bits per heavy atom. The summed E-state index contributed by atoms with van der Waals surface area (Å²) < 4.78 is 0. The fourth-order valence-electron chi connectivity index (χ4n) is 3.10. The number of imidazole rings is 1. The van der Waals surface area contributed by atoms with Gasteiger partial charge in [-0.15, -0.1) is 0 Å². The van der Waals surface area contributed by atoms with E-state index in [2.05, 4.69) is 25.9 Å². The van der Waals surface area contributed by atoms with Gasteiger partial charge in [0.25, 0.3) is 0 Å². The molecule has 3 aromatic rings. The van der Waals surface area contributed by atoms with Crippen molar-refractivity contribution in [2.45, 2.75) is 12.8 Å². The fraction of sp³-hybridized carbons (Fsp3) is 0.278. The minimum Gasteiger partial charge on any atom is -0.357 e. The molecule has 0 radical (unpaired) electrons. The van der Waals surface area contributed by atoms with Gasteiger partial charge in [-0.3, -0.25) is 0 Å². The van der Waals surface area contributed by atoms with Crippen LogP contribution in [0, 0.1) is 17.2 Å². The van der Waals surface area contributed by atoms with Crippen LogP contribution in [0.1, 0.15) is 12.8 Å². The molecule has 3 heterocycles. The van der Waals surface area contributed by atoms with Crippen LogP contribution < -0.4 is 4.90 Å². The third-order valence-corrected chi connectivity index (χ3v) is 4.79. The van der Waals surface area contributed by atoms with Crippen LogP contribution in [0.4, 0.5) is 5.82 Å². The van der Waals surface area contributed by atoms with Gasteiger partial charge in [0.2, 0.25) is 0 Å². The van der Waals surface area contributed by atoms with Crippen LogP contribution in [0.2, 0.25) is 5.02 Å². The van der Waals surface area contributed by atoms with Crippen molar-refractivity contribution in [1.82, 2.24) is 15.0 Å². The monoisotopic (exact) mass is 337 g/mol. The van der Waals surface area contributed by atoms with Gasteiger partial charge in [-0.25, -0.2) is 9.97 Å². The predicted octanol–water partition coefficient (Wildman–Crippen LogP) is 4.02. The summed E-state index contributed by atoms with van der Waals surface area (Å²) in [5.41, 5.74) is 2.74. The van der Waals surface area contributed by atoms with E-state index >= 15 is 0 Å². The van der Waals surface area contributed by atoms with Crippen molar-refractivity contribution in [3.8, 4) is 17.5 Å². The number of aromatic amines is 1. The van der Waals surface area contributed by atoms with Crippen LogP contribution in [0.3, 0.4) is 0 Å². The number of hydrogen-bond donors (Lipinski definition) is 1. The molecule has 120 valence electrons. The minimum atomic E-state index is 0.156. The number of rotatable bonds is 2. The number of benzene rings is 1. The van der Waals surface area contributed by atoms with Gasteiger partial charge in [-0.1, -0.05) is 23.7 Å². The number of nitrogens with one attached hydrogen (secondary N) is 1. The second-order valence-electron chi connectivity index (χ2n) is 6.02. The molecular weight excluding hydrogens is 322 g/mol. The maximum Gasteiger partial charge on any atom is 0.140 e. The van der Waals surface area contributed by atoms with Gasteiger partial charge in [0, 0.05) is 30.8 Å². The first-order valence-electron chi connectivity index (χ1n) is 8.00. The summed E-state index contributed by atoms with van der Waals surface area (Å²) in [5.74, 6) is 1.78. The lowest BCUT2D eigenvalue weighted by molar-refractivity contribution is 0.485. The largest absolute Gasteiger partial charge is 0.357 e. The first kappa shape index (κ1) is 15.0. The average molecular weight is 338 g/mol. The molecule has 0 amide bonds. The van der Waals surface area contributed by atoms with Gasteiger partial charge in [0.05, 0.1) is 22.1 Å². The van der Waals surface area contributed by atoms with Gasteiger partial charge in [0.1, 0.15) is 11.6 Å². The molecular formula is C18H16ClN5. The molecule has 24 heavy (non-hydrogen) atoms. The van der Waals surface area contributed by atoms with Crippen molar-refractivity contribution in [3.63, 3.8) is 0 Å². The Bertz CT molecular complexity index is 886. The Morgan fingerprint density at radius 1 is 1.25 bits per heavy atom. The molecule has 6 heteroatoms. The SMILES string of the molecule is N#CC1CCN(c2cc(-c3nc4ccccc4[nH]3)c(Cl)cn2)CC1. The Morgan fingerprint density at radius 3 is 2.79 bits per heavy atom. The lowest BCUT2D eigenvalue weighted by atomic mass is 9.98. The van der Waals surface area contributed by atoms with Crippen LogP contribution >= 0.6 is 11.6 Å². The molecule has 1 fully saturated rings. The van der Waals surface area contributed by atoms with E-state index in [-0.39, 0.29) is 5.92 Å². The van der Waals surface area contributed by atoms with Gasteiger partial charge in [-0.05, 0) is 31.0 Å². The molecule has 1 aliphatic heterocycles. The number of nitrogens with zero attached hydrogens (tertiary/aromatic N) is 4. The van der Waals surface area contributed by atoms with Gasteiger partial charge in [-0.2, -0.15) is 5.26 Å². The molecule has 0 bridgehead atoms. The molecule has 5 nitrogen and oxygen atoms in total. The first-order valence-corrected chi connectivity index (χ1v) is 8.37. The van der Waals surface area contributed by atoms with Crippen LogP contribution in [0.15, 0.2) is 36.5 Å². The van der Waals surface area contributed by atoms with E-state index in [0.29, 0.717) is 5.02 Å². The number of halogens is 1. The van der Waals surface area contributed by atoms with Crippen molar-refractivity contribution in [1.29, 1.82) is 5.26 Å². The highest BCUT2D eigenvalue weighted by atomic mass is 35.5. The number of hydrogen-bond acceptors (Lipinski definition) is 4. The Balaban J connectivity index is 1.68. The third-order valence-electron chi connectivity index (χ3n) is 4.49. The molecule has 1 aliphatic rings.